The highest BCUT2D eigenvalue weighted by Crippen LogP contribution is 2.16. The topological polar surface area (TPSA) is 54.9 Å². The maximum absolute atomic E-state index is 5.76. The Bertz CT molecular complexity index is 462. The van der Waals surface area contributed by atoms with Gasteiger partial charge in [0.2, 0.25) is 0 Å². The molecule has 0 radical (unpaired) electrons. The minimum absolute atomic E-state index is 0. The summed E-state index contributed by atoms with van der Waals surface area (Å²) in [7, 11) is 0. The zero-order valence-electron chi connectivity index (χ0n) is 14.0. The third kappa shape index (κ3) is 7.82. The summed E-state index contributed by atoms with van der Waals surface area (Å²) in [5, 5.41) is 8.76. The van der Waals surface area contributed by atoms with Crippen LogP contribution in [0.2, 0.25) is 0 Å². The smallest absolute Gasteiger partial charge is 0.191 e. The van der Waals surface area contributed by atoms with Crippen LogP contribution in [0.1, 0.15) is 30.2 Å². The predicted octanol–water partition coefficient (Wildman–Crippen LogP) is 2.93. The largest absolute Gasteiger partial charge is 0.379 e. The minimum Gasteiger partial charge on any atom is -0.379 e. The number of ether oxygens (including phenoxy) is 2. The molecule has 0 saturated carbocycles. The van der Waals surface area contributed by atoms with Crippen LogP contribution in [0.3, 0.4) is 0 Å². The maximum Gasteiger partial charge on any atom is 0.191 e. The van der Waals surface area contributed by atoms with E-state index in [1.165, 1.54) is 10.4 Å². The van der Waals surface area contributed by atoms with Crippen molar-refractivity contribution in [1.29, 1.82) is 0 Å². The van der Waals surface area contributed by atoms with Crippen molar-refractivity contribution >= 4 is 41.3 Å². The van der Waals surface area contributed by atoms with E-state index in [9.17, 15) is 0 Å². The number of nitrogens with zero attached hydrogens (tertiary/aromatic N) is 1. The second-order valence-corrected chi connectivity index (χ2v) is 6.36. The number of aryl methyl sites for hydroxylation is 1. The van der Waals surface area contributed by atoms with Crippen LogP contribution in [0.4, 0.5) is 0 Å². The van der Waals surface area contributed by atoms with Crippen LogP contribution in [-0.2, 0) is 16.0 Å². The Balaban J connectivity index is 0.00000264. The van der Waals surface area contributed by atoms with Crippen LogP contribution >= 0.6 is 35.3 Å². The highest BCUT2D eigenvalue weighted by Gasteiger charge is 2.15. The lowest BCUT2D eigenvalue weighted by Crippen LogP contribution is -2.38. The molecule has 5 nitrogen and oxygen atoms in total. The van der Waals surface area contributed by atoms with E-state index in [2.05, 4.69) is 40.9 Å². The molecule has 2 rings (SSSR count). The Labute approximate surface area is 160 Å². The van der Waals surface area contributed by atoms with Gasteiger partial charge < -0.3 is 20.1 Å². The van der Waals surface area contributed by atoms with Gasteiger partial charge >= 0.3 is 0 Å². The molecule has 0 amide bonds. The summed E-state index contributed by atoms with van der Waals surface area (Å²) in [5.74, 6) is 0.875. The van der Waals surface area contributed by atoms with Gasteiger partial charge in [-0.25, -0.2) is 4.99 Å². The zero-order chi connectivity index (χ0) is 15.6. The van der Waals surface area contributed by atoms with Crippen molar-refractivity contribution in [3.05, 3.63) is 21.9 Å². The molecule has 1 fully saturated rings. The van der Waals surface area contributed by atoms with Crippen LogP contribution in [0.15, 0.2) is 16.4 Å². The Hall–Kier alpha value is -0.380. The lowest BCUT2D eigenvalue weighted by Gasteiger charge is -2.12. The van der Waals surface area contributed by atoms with Crippen molar-refractivity contribution in [2.75, 3.05) is 32.9 Å². The molecule has 2 N–H and O–H groups in total. The number of guanidine groups is 1. The lowest BCUT2D eigenvalue weighted by atomic mass is 10.3. The van der Waals surface area contributed by atoms with E-state index in [1.54, 1.807) is 11.3 Å². The summed E-state index contributed by atoms with van der Waals surface area (Å²) in [6.07, 6.45) is 2.29. The minimum atomic E-state index is 0. The van der Waals surface area contributed by atoms with Crippen molar-refractivity contribution in [3.63, 3.8) is 0 Å². The number of hydrogen-bond acceptors (Lipinski definition) is 4. The molecule has 1 aliphatic heterocycles. The fourth-order valence-electron chi connectivity index (χ4n) is 2.23. The van der Waals surface area contributed by atoms with Crippen LogP contribution in [-0.4, -0.2) is 45.0 Å². The molecule has 1 saturated heterocycles. The molecule has 23 heavy (non-hydrogen) atoms. The first-order chi connectivity index (χ1) is 10.8. The van der Waals surface area contributed by atoms with Crippen molar-refractivity contribution in [3.8, 4) is 0 Å². The molecule has 132 valence electrons. The van der Waals surface area contributed by atoms with Crippen molar-refractivity contribution < 1.29 is 9.47 Å². The molecule has 1 aromatic heterocycles. The van der Waals surface area contributed by atoms with E-state index in [0.717, 1.165) is 58.3 Å². The summed E-state index contributed by atoms with van der Waals surface area (Å²) in [4.78, 5) is 5.96. The SMILES string of the molecule is CCNC(=NCc1sccc1C)NCCCOC1CCOC1.I. The summed E-state index contributed by atoms with van der Waals surface area (Å²) < 4.78 is 11.0. The quantitative estimate of drug-likeness (QED) is 0.275. The maximum atomic E-state index is 5.76. The number of nitrogens with one attached hydrogen (secondary N) is 2. The van der Waals surface area contributed by atoms with Crippen LogP contribution in [0, 0.1) is 6.92 Å². The second-order valence-electron chi connectivity index (χ2n) is 5.36. The van der Waals surface area contributed by atoms with Gasteiger partial charge in [0.1, 0.15) is 0 Å². The van der Waals surface area contributed by atoms with Gasteiger partial charge in [-0.05, 0) is 43.7 Å². The monoisotopic (exact) mass is 453 g/mol. The van der Waals surface area contributed by atoms with Crippen molar-refractivity contribution in [2.24, 2.45) is 4.99 Å². The third-order valence-corrected chi connectivity index (χ3v) is 4.56. The average Bonchev–Trinajstić information content (AvgIpc) is 3.16. The number of thiophene rings is 1. The Morgan fingerprint density at radius 1 is 1.48 bits per heavy atom. The summed E-state index contributed by atoms with van der Waals surface area (Å²) in [5.41, 5.74) is 1.32. The Kier molecular flexibility index (Phi) is 10.8. The van der Waals surface area contributed by atoms with Gasteiger partial charge in [-0.3, -0.25) is 0 Å². The average molecular weight is 453 g/mol. The zero-order valence-corrected chi connectivity index (χ0v) is 17.1. The van der Waals surface area contributed by atoms with E-state index in [0.29, 0.717) is 6.10 Å². The van der Waals surface area contributed by atoms with Gasteiger partial charge in [-0.2, -0.15) is 0 Å². The molecule has 1 unspecified atom stereocenters. The van der Waals surface area contributed by atoms with E-state index < -0.39 is 0 Å². The normalized spacial score (nSPS) is 17.8. The van der Waals surface area contributed by atoms with Gasteiger partial charge in [0.25, 0.3) is 0 Å². The summed E-state index contributed by atoms with van der Waals surface area (Å²) in [6, 6.07) is 2.14. The molecular formula is C16H28IN3O2S. The molecule has 1 atom stereocenters. The van der Waals surface area contributed by atoms with Crippen LogP contribution in [0.5, 0.6) is 0 Å². The summed E-state index contributed by atoms with van der Waals surface area (Å²) in [6.45, 7) is 9.02. The highest BCUT2D eigenvalue weighted by atomic mass is 127. The fourth-order valence-corrected chi connectivity index (χ4v) is 3.06. The molecular weight excluding hydrogens is 425 g/mol. The number of rotatable bonds is 8. The summed E-state index contributed by atoms with van der Waals surface area (Å²) >= 11 is 1.76. The first-order valence-electron chi connectivity index (χ1n) is 8.04. The lowest BCUT2D eigenvalue weighted by molar-refractivity contribution is 0.0420. The van der Waals surface area contributed by atoms with E-state index >= 15 is 0 Å². The van der Waals surface area contributed by atoms with Crippen LogP contribution < -0.4 is 10.6 Å². The van der Waals surface area contributed by atoms with E-state index in [-0.39, 0.29) is 24.0 Å². The van der Waals surface area contributed by atoms with E-state index in [1.807, 2.05) is 0 Å². The fraction of sp³-hybridized carbons (Fsp3) is 0.688. The first kappa shape index (κ1) is 20.7. The molecule has 0 aliphatic carbocycles. The van der Waals surface area contributed by atoms with E-state index in [4.69, 9.17) is 9.47 Å². The van der Waals surface area contributed by atoms with Gasteiger partial charge in [-0.15, -0.1) is 35.3 Å². The molecule has 1 aliphatic rings. The molecule has 0 bridgehead atoms. The molecule has 7 heteroatoms. The van der Waals surface area contributed by atoms with Crippen molar-refractivity contribution in [1.82, 2.24) is 10.6 Å². The van der Waals surface area contributed by atoms with Crippen LogP contribution in [0.25, 0.3) is 0 Å². The van der Waals surface area contributed by atoms with Crippen molar-refractivity contribution in [2.45, 2.75) is 39.3 Å². The van der Waals surface area contributed by atoms with Gasteiger partial charge in [0, 0.05) is 31.2 Å². The highest BCUT2D eigenvalue weighted by molar-refractivity contribution is 14.0. The van der Waals surface area contributed by atoms with Gasteiger partial charge in [0.15, 0.2) is 5.96 Å². The standard InChI is InChI=1S/C16H27N3O2S.HI/c1-3-17-16(19-11-15-13(2)6-10-22-15)18-7-4-8-21-14-5-9-20-12-14;/h6,10,14H,3-5,7-9,11-12H2,1-2H3,(H2,17,18,19);1H. The predicted molar refractivity (Wildman–Crippen MR) is 107 cm³/mol. The molecule has 0 spiro atoms. The Morgan fingerprint density at radius 3 is 3.00 bits per heavy atom. The van der Waals surface area contributed by atoms with Gasteiger partial charge in [-0.1, -0.05) is 0 Å². The van der Waals surface area contributed by atoms with Gasteiger partial charge in [0.05, 0.1) is 19.3 Å². The number of aliphatic imine (C=N–C) groups is 1. The first-order valence-corrected chi connectivity index (χ1v) is 8.92. The number of halogens is 1. The molecule has 0 aromatic carbocycles. The molecule has 2 heterocycles. The Morgan fingerprint density at radius 2 is 2.35 bits per heavy atom. The number of hydrogen-bond donors (Lipinski definition) is 2. The third-order valence-electron chi connectivity index (χ3n) is 3.55. The molecule has 1 aromatic rings. The second kappa shape index (κ2) is 12.0.